The van der Waals surface area contributed by atoms with Gasteiger partial charge in [-0.1, -0.05) is 0 Å². The predicted octanol–water partition coefficient (Wildman–Crippen LogP) is 6.83. The van der Waals surface area contributed by atoms with Crippen LogP contribution in [0.3, 0.4) is 0 Å². The second kappa shape index (κ2) is 6.60. The maximum absolute atomic E-state index is 13.2. The number of hydrogen-bond donors (Lipinski definition) is 2. The van der Waals surface area contributed by atoms with Crippen LogP contribution in [-0.4, -0.2) is 10.9 Å². The van der Waals surface area contributed by atoms with Crippen LogP contribution in [0.25, 0.3) is 22.0 Å². The minimum absolute atomic E-state index is 0.00226. The van der Waals surface area contributed by atoms with E-state index in [-0.39, 0.29) is 5.91 Å². The molecule has 0 aliphatic carbocycles. The van der Waals surface area contributed by atoms with Crippen molar-refractivity contribution in [3.05, 3.63) is 61.3 Å². The summed E-state index contributed by atoms with van der Waals surface area (Å²) in [5.41, 5.74) is 17.5. The molecule has 0 saturated carbocycles. The Morgan fingerprint density at radius 3 is 1.80 bits per heavy atom. The molecule has 0 bridgehead atoms. The number of allylic oxidation sites excluding steroid dienone is 1. The van der Waals surface area contributed by atoms with Gasteiger partial charge in [-0.25, -0.2) is 0 Å². The molecule has 1 aliphatic rings. The highest BCUT2D eigenvalue weighted by Gasteiger charge is 2.32. The van der Waals surface area contributed by atoms with Gasteiger partial charge in [0.25, 0.3) is 5.91 Å². The summed E-state index contributed by atoms with van der Waals surface area (Å²) in [6.07, 6.45) is 0. The second-order valence-corrected chi connectivity index (χ2v) is 9.08. The molecular weight excluding hydrogens is 368 g/mol. The SMILES string of the molecule is C/C(=C1/C(=O)Nc2c(C)c(C)c(C)c(C)c21)c1[nH]c2c(C)c(C)c(C)c(C)c2c1C. The molecule has 0 spiro atoms. The van der Waals surface area contributed by atoms with E-state index in [9.17, 15) is 4.79 Å². The van der Waals surface area contributed by atoms with Crippen molar-refractivity contribution in [1.82, 2.24) is 4.98 Å². The molecule has 0 saturated heterocycles. The van der Waals surface area contributed by atoms with Crippen molar-refractivity contribution in [3.63, 3.8) is 0 Å². The number of aromatic amines is 1. The number of carbonyl (C=O) groups is 1. The van der Waals surface area contributed by atoms with Crippen LogP contribution in [0.5, 0.6) is 0 Å². The Morgan fingerprint density at radius 2 is 1.17 bits per heavy atom. The summed E-state index contributed by atoms with van der Waals surface area (Å²) in [5.74, 6) is -0.00226. The number of carbonyl (C=O) groups excluding carboxylic acids is 1. The number of fused-ring (bicyclic) bond motifs is 2. The van der Waals surface area contributed by atoms with Crippen molar-refractivity contribution in [1.29, 1.82) is 0 Å². The fraction of sp³-hybridized carbons (Fsp3) is 0.370. The zero-order valence-corrected chi connectivity index (χ0v) is 19.9. The number of benzene rings is 2. The highest BCUT2D eigenvalue weighted by atomic mass is 16.2. The number of anilines is 1. The van der Waals surface area contributed by atoms with E-state index >= 15 is 0 Å². The summed E-state index contributed by atoms with van der Waals surface area (Å²) in [5, 5.41) is 4.45. The molecule has 1 aromatic heterocycles. The molecule has 2 N–H and O–H groups in total. The average Bonchev–Trinajstić information content (AvgIpc) is 3.24. The molecule has 0 unspecified atom stereocenters. The van der Waals surface area contributed by atoms with Crippen molar-refractivity contribution in [2.24, 2.45) is 0 Å². The fourth-order valence-electron chi connectivity index (χ4n) is 5.21. The van der Waals surface area contributed by atoms with Crippen LogP contribution in [0.4, 0.5) is 5.69 Å². The summed E-state index contributed by atoms with van der Waals surface area (Å²) in [4.78, 5) is 16.9. The first kappa shape index (κ1) is 20.5. The van der Waals surface area contributed by atoms with E-state index in [1.54, 1.807) is 0 Å². The number of amides is 1. The maximum Gasteiger partial charge on any atom is 0.256 e. The molecule has 0 atom stereocenters. The third kappa shape index (κ3) is 2.47. The van der Waals surface area contributed by atoms with E-state index in [1.807, 2.05) is 0 Å². The van der Waals surface area contributed by atoms with Crippen LogP contribution in [0, 0.1) is 62.3 Å². The van der Waals surface area contributed by atoms with Gasteiger partial charge >= 0.3 is 0 Å². The van der Waals surface area contributed by atoms with Gasteiger partial charge in [-0.2, -0.15) is 0 Å². The predicted molar refractivity (Wildman–Crippen MR) is 128 cm³/mol. The van der Waals surface area contributed by atoms with Crippen LogP contribution in [0.15, 0.2) is 0 Å². The smallest absolute Gasteiger partial charge is 0.256 e. The van der Waals surface area contributed by atoms with Gasteiger partial charge in [0.15, 0.2) is 0 Å². The molecule has 3 nitrogen and oxygen atoms in total. The quantitative estimate of drug-likeness (QED) is 0.432. The molecule has 3 heteroatoms. The van der Waals surface area contributed by atoms with Crippen LogP contribution in [0.2, 0.25) is 0 Å². The summed E-state index contributed by atoms with van der Waals surface area (Å²) < 4.78 is 0. The first-order valence-corrected chi connectivity index (χ1v) is 10.7. The Labute approximate surface area is 179 Å². The van der Waals surface area contributed by atoms with Crippen molar-refractivity contribution in [3.8, 4) is 0 Å². The number of aryl methyl sites for hydroxylation is 3. The Kier molecular flexibility index (Phi) is 4.50. The standard InChI is InChI=1S/C27H32N2O/c1-11-13(3)17(7)25-21(15(11)5)19(9)24(28-25)20(10)23-22-16(6)12(2)14(4)18(8)26(22)29-27(23)30/h28H,1-10H3,(H,29,30)/b23-20-. The lowest BCUT2D eigenvalue weighted by Crippen LogP contribution is -2.06. The van der Waals surface area contributed by atoms with Gasteiger partial charge in [0.2, 0.25) is 0 Å². The largest absolute Gasteiger partial charge is 0.354 e. The van der Waals surface area contributed by atoms with Gasteiger partial charge in [0.05, 0.1) is 11.3 Å². The van der Waals surface area contributed by atoms with Gasteiger partial charge < -0.3 is 10.3 Å². The Bertz CT molecular complexity index is 1320. The van der Waals surface area contributed by atoms with Crippen LogP contribution < -0.4 is 5.32 Å². The highest BCUT2D eigenvalue weighted by molar-refractivity contribution is 6.37. The minimum atomic E-state index is -0.00226. The topological polar surface area (TPSA) is 44.9 Å². The third-order valence-corrected chi connectivity index (χ3v) is 7.84. The first-order chi connectivity index (χ1) is 14.0. The molecule has 0 radical (unpaired) electrons. The molecular formula is C27H32N2O. The van der Waals surface area contributed by atoms with E-state index < -0.39 is 0 Å². The molecule has 4 rings (SSSR count). The fourth-order valence-corrected chi connectivity index (χ4v) is 5.21. The van der Waals surface area contributed by atoms with Crippen molar-refractivity contribution in [2.45, 2.75) is 69.2 Å². The van der Waals surface area contributed by atoms with Gasteiger partial charge in [-0.3, -0.25) is 4.79 Å². The van der Waals surface area contributed by atoms with E-state index in [1.165, 1.54) is 55.4 Å². The molecule has 1 aliphatic heterocycles. The van der Waals surface area contributed by atoms with E-state index in [0.29, 0.717) is 0 Å². The summed E-state index contributed by atoms with van der Waals surface area (Å²) in [7, 11) is 0. The normalized spacial score (nSPS) is 15.1. The Hall–Kier alpha value is -2.81. The lowest BCUT2D eigenvalue weighted by atomic mass is 9.88. The number of nitrogens with one attached hydrogen (secondary N) is 2. The van der Waals surface area contributed by atoms with E-state index in [0.717, 1.165) is 33.7 Å². The Morgan fingerprint density at radius 1 is 0.633 bits per heavy atom. The third-order valence-electron chi connectivity index (χ3n) is 7.84. The van der Waals surface area contributed by atoms with Gasteiger partial charge in [-0.15, -0.1) is 0 Å². The number of aromatic nitrogens is 1. The summed E-state index contributed by atoms with van der Waals surface area (Å²) in [6, 6.07) is 0. The minimum Gasteiger partial charge on any atom is -0.354 e. The van der Waals surface area contributed by atoms with Crippen LogP contribution in [-0.2, 0) is 4.79 Å². The van der Waals surface area contributed by atoms with Crippen LogP contribution in [0.1, 0.15) is 68.3 Å². The molecule has 1 amide bonds. The zero-order valence-electron chi connectivity index (χ0n) is 19.9. The molecule has 30 heavy (non-hydrogen) atoms. The summed E-state index contributed by atoms with van der Waals surface area (Å²) in [6.45, 7) is 21.6. The van der Waals surface area contributed by atoms with Gasteiger partial charge in [0.1, 0.15) is 0 Å². The van der Waals surface area contributed by atoms with Gasteiger partial charge in [0, 0.05) is 22.2 Å². The maximum atomic E-state index is 13.2. The highest BCUT2D eigenvalue weighted by Crippen LogP contribution is 2.44. The van der Waals surface area contributed by atoms with E-state index in [4.69, 9.17) is 0 Å². The van der Waals surface area contributed by atoms with Crippen molar-refractivity contribution >= 4 is 33.6 Å². The van der Waals surface area contributed by atoms with Crippen molar-refractivity contribution < 1.29 is 4.79 Å². The molecule has 0 fully saturated rings. The molecule has 2 aromatic carbocycles. The number of hydrogen-bond acceptors (Lipinski definition) is 1. The van der Waals surface area contributed by atoms with Crippen LogP contribution >= 0.6 is 0 Å². The number of rotatable bonds is 1. The number of H-pyrrole nitrogens is 1. The Balaban J connectivity index is 2.09. The first-order valence-electron chi connectivity index (χ1n) is 10.7. The summed E-state index contributed by atoms with van der Waals surface area (Å²) >= 11 is 0. The second-order valence-electron chi connectivity index (χ2n) is 9.08. The molecule has 2 heterocycles. The lowest BCUT2D eigenvalue weighted by molar-refractivity contribution is -0.110. The van der Waals surface area contributed by atoms with E-state index in [2.05, 4.69) is 79.5 Å². The lowest BCUT2D eigenvalue weighted by Gasteiger charge is -2.15. The zero-order chi connectivity index (χ0) is 22.2. The molecule has 156 valence electrons. The van der Waals surface area contributed by atoms with Gasteiger partial charge in [-0.05, 0) is 125 Å². The molecule has 3 aromatic rings. The van der Waals surface area contributed by atoms with Crippen molar-refractivity contribution in [2.75, 3.05) is 5.32 Å². The average molecular weight is 401 g/mol. The monoisotopic (exact) mass is 400 g/mol.